The summed E-state index contributed by atoms with van der Waals surface area (Å²) < 4.78 is 0. The molecule has 0 atom stereocenters. The van der Waals surface area contributed by atoms with Gasteiger partial charge in [-0.2, -0.15) is 5.26 Å². The van der Waals surface area contributed by atoms with Crippen molar-refractivity contribution >= 4 is 23.3 Å². The van der Waals surface area contributed by atoms with Crippen molar-refractivity contribution in [3.8, 4) is 6.07 Å². The van der Waals surface area contributed by atoms with Crippen molar-refractivity contribution in [1.29, 1.82) is 5.26 Å². The van der Waals surface area contributed by atoms with Crippen LogP contribution in [0.2, 0.25) is 0 Å². The van der Waals surface area contributed by atoms with Gasteiger partial charge in [0.2, 0.25) is 0 Å². The van der Waals surface area contributed by atoms with E-state index in [1.807, 2.05) is 37.3 Å². The van der Waals surface area contributed by atoms with Gasteiger partial charge in [-0.25, -0.2) is 4.79 Å². The number of nitrogens with one attached hydrogen (secondary N) is 3. The minimum atomic E-state index is -0.250. The molecule has 7 nitrogen and oxygen atoms in total. The first-order chi connectivity index (χ1) is 17.1. The molecule has 0 aromatic heterocycles. The van der Waals surface area contributed by atoms with Crippen LogP contribution in [0, 0.1) is 11.3 Å². The summed E-state index contributed by atoms with van der Waals surface area (Å²) in [6.45, 7) is 4.72. The molecule has 178 valence electrons. The fourth-order valence-electron chi connectivity index (χ4n) is 4.18. The van der Waals surface area contributed by atoms with E-state index in [-0.39, 0.29) is 11.9 Å². The van der Waals surface area contributed by atoms with Crippen LogP contribution >= 0.6 is 0 Å². The van der Waals surface area contributed by atoms with E-state index in [0.717, 1.165) is 37.2 Å². The number of carbonyl (C=O) groups excluding carboxylic acids is 2. The Balaban J connectivity index is 1.44. The molecule has 3 aromatic carbocycles. The Labute approximate surface area is 205 Å². The molecule has 0 radical (unpaired) electrons. The lowest BCUT2D eigenvalue weighted by Gasteiger charge is -2.23. The average molecular weight is 468 g/mol. The van der Waals surface area contributed by atoms with E-state index in [4.69, 9.17) is 5.26 Å². The highest BCUT2D eigenvalue weighted by Crippen LogP contribution is 2.20. The monoisotopic (exact) mass is 467 g/mol. The van der Waals surface area contributed by atoms with Gasteiger partial charge < -0.3 is 20.9 Å². The van der Waals surface area contributed by atoms with Gasteiger partial charge in [0.1, 0.15) is 0 Å². The number of hydrogen-bond acceptors (Lipinski definition) is 4. The highest BCUT2D eigenvalue weighted by atomic mass is 16.2. The maximum Gasteiger partial charge on any atom is 0.322 e. The number of rotatable bonds is 7. The molecule has 0 spiro atoms. The Hall–Kier alpha value is -4.15. The van der Waals surface area contributed by atoms with Crippen LogP contribution in [-0.4, -0.2) is 29.9 Å². The number of urea groups is 1. The zero-order chi connectivity index (χ0) is 24.6. The Morgan fingerprint density at radius 1 is 1.00 bits per heavy atom. The van der Waals surface area contributed by atoms with Gasteiger partial charge in [-0.3, -0.25) is 4.79 Å². The van der Waals surface area contributed by atoms with Crippen molar-refractivity contribution in [3.63, 3.8) is 0 Å². The molecular weight excluding hydrogens is 438 g/mol. The van der Waals surface area contributed by atoms with Gasteiger partial charge in [-0.15, -0.1) is 0 Å². The lowest BCUT2D eigenvalue weighted by atomic mass is 10.0. The van der Waals surface area contributed by atoms with Crippen LogP contribution in [0.4, 0.5) is 16.2 Å². The molecule has 0 unspecified atom stereocenters. The molecule has 1 heterocycles. The van der Waals surface area contributed by atoms with Gasteiger partial charge in [-0.05, 0) is 78.5 Å². The van der Waals surface area contributed by atoms with Gasteiger partial charge in [0, 0.05) is 36.6 Å². The largest absolute Gasteiger partial charge is 0.322 e. The second-order valence-corrected chi connectivity index (χ2v) is 8.61. The first-order valence-electron chi connectivity index (χ1n) is 11.8. The number of amides is 3. The first kappa shape index (κ1) is 24.0. The summed E-state index contributed by atoms with van der Waals surface area (Å²) in [5.74, 6) is -0.185. The van der Waals surface area contributed by atoms with E-state index in [2.05, 4.69) is 28.1 Å². The number of nitrogens with zero attached hydrogens (tertiary/aromatic N) is 2. The van der Waals surface area contributed by atoms with Crippen LogP contribution in [0.1, 0.15) is 46.0 Å². The van der Waals surface area contributed by atoms with Crippen LogP contribution < -0.4 is 16.0 Å². The van der Waals surface area contributed by atoms with E-state index < -0.39 is 0 Å². The molecule has 1 aliphatic heterocycles. The molecule has 0 aliphatic carbocycles. The molecular formula is C28H29N5O2. The zero-order valence-corrected chi connectivity index (χ0v) is 19.8. The Morgan fingerprint density at radius 2 is 1.83 bits per heavy atom. The summed E-state index contributed by atoms with van der Waals surface area (Å²) in [5.41, 5.74) is 5.76. The third-order valence-corrected chi connectivity index (χ3v) is 5.94. The van der Waals surface area contributed by atoms with E-state index in [1.165, 1.54) is 11.1 Å². The maximum absolute atomic E-state index is 12.9. The quantitative estimate of drug-likeness (QED) is 0.460. The molecule has 3 aromatic rings. The molecule has 0 saturated heterocycles. The summed E-state index contributed by atoms with van der Waals surface area (Å²) in [4.78, 5) is 27.6. The van der Waals surface area contributed by atoms with Crippen LogP contribution in [0.5, 0.6) is 0 Å². The Bertz CT molecular complexity index is 1260. The van der Waals surface area contributed by atoms with E-state index in [9.17, 15) is 9.59 Å². The van der Waals surface area contributed by atoms with Crippen molar-refractivity contribution in [1.82, 2.24) is 10.2 Å². The third-order valence-electron chi connectivity index (χ3n) is 5.94. The smallest absolute Gasteiger partial charge is 0.322 e. The number of fused-ring (bicyclic) bond motifs is 1. The summed E-state index contributed by atoms with van der Waals surface area (Å²) >= 11 is 0. The second kappa shape index (κ2) is 11.3. The predicted octanol–water partition coefficient (Wildman–Crippen LogP) is 4.90. The fraction of sp³-hybridized carbons (Fsp3) is 0.250. The van der Waals surface area contributed by atoms with E-state index >= 15 is 0 Å². The van der Waals surface area contributed by atoms with Crippen molar-refractivity contribution < 1.29 is 9.59 Å². The fourth-order valence-corrected chi connectivity index (χ4v) is 4.18. The number of hydrogen-bond donors (Lipinski definition) is 3. The predicted molar refractivity (Wildman–Crippen MR) is 137 cm³/mol. The topological polar surface area (TPSA) is 97.3 Å². The van der Waals surface area contributed by atoms with Crippen molar-refractivity contribution in [2.75, 3.05) is 23.7 Å². The minimum absolute atomic E-state index is 0.185. The summed E-state index contributed by atoms with van der Waals surface area (Å²) in [6.07, 6.45) is 1.79. The molecule has 35 heavy (non-hydrogen) atoms. The molecule has 0 bridgehead atoms. The molecule has 4 rings (SSSR count). The number of benzene rings is 3. The molecule has 3 amide bonds. The Kier molecular flexibility index (Phi) is 7.76. The van der Waals surface area contributed by atoms with Crippen LogP contribution in [0.3, 0.4) is 0 Å². The van der Waals surface area contributed by atoms with Crippen LogP contribution in [-0.2, 0) is 19.5 Å². The van der Waals surface area contributed by atoms with Crippen molar-refractivity contribution in [3.05, 3.63) is 94.5 Å². The van der Waals surface area contributed by atoms with Crippen LogP contribution in [0.15, 0.2) is 66.7 Å². The summed E-state index contributed by atoms with van der Waals surface area (Å²) in [7, 11) is 0. The Morgan fingerprint density at radius 3 is 2.66 bits per heavy atom. The van der Waals surface area contributed by atoms with Gasteiger partial charge in [-0.1, -0.05) is 31.2 Å². The normalized spacial score (nSPS) is 12.2. The van der Waals surface area contributed by atoms with Crippen LogP contribution in [0.25, 0.3) is 0 Å². The van der Waals surface area contributed by atoms with Gasteiger partial charge >= 0.3 is 6.03 Å². The molecule has 1 aliphatic rings. The lowest BCUT2D eigenvalue weighted by molar-refractivity contribution is 0.102. The number of anilines is 2. The number of nitriles is 1. The number of carbonyl (C=O) groups is 2. The summed E-state index contributed by atoms with van der Waals surface area (Å²) in [5, 5.41) is 18.3. The standard InChI is InChI=1S/C28H29N5O2/c1-2-13-33(28(35)32-25-8-4-5-20(15-25)17-29)19-21-6-3-7-23(14-21)27(34)31-26-10-9-22-11-12-30-18-24(22)16-26/h3-10,14-16,30H,2,11-13,18-19H2,1H3,(H,31,34)(H,32,35). The van der Waals surface area contributed by atoms with Crippen molar-refractivity contribution in [2.24, 2.45) is 0 Å². The zero-order valence-electron chi connectivity index (χ0n) is 19.8. The highest BCUT2D eigenvalue weighted by Gasteiger charge is 2.16. The van der Waals surface area contributed by atoms with E-state index in [1.54, 1.807) is 35.2 Å². The molecule has 3 N–H and O–H groups in total. The minimum Gasteiger partial charge on any atom is -0.322 e. The molecule has 0 fully saturated rings. The van der Waals surface area contributed by atoms with Gasteiger partial charge in [0.25, 0.3) is 5.91 Å². The van der Waals surface area contributed by atoms with E-state index in [0.29, 0.717) is 29.9 Å². The molecule has 0 saturated carbocycles. The average Bonchev–Trinajstić information content (AvgIpc) is 2.88. The first-order valence-corrected chi connectivity index (χ1v) is 11.8. The third kappa shape index (κ3) is 6.25. The maximum atomic E-state index is 12.9. The molecule has 7 heteroatoms. The van der Waals surface area contributed by atoms with Crippen molar-refractivity contribution in [2.45, 2.75) is 32.9 Å². The summed E-state index contributed by atoms with van der Waals surface area (Å²) in [6, 6.07) is 22.0. The lowest BCUT2D eigenvalue weighted by Crippen LogP contribution is -2.35. The van der Waals surface area contributed by atoms with Gasteiger partial charge in [0.15, 0.2) is 0 Å². The van der Waals surface area contributed by atoms with Gasteiger partial charge in [0.05, 0.1) is 11.6 Å². The second-order valence-electron chi connectivity index (χ2n) is 8.61. The highest BCUT2D eigenvalue weighted by molar-refractivity contribution is 6.04. The SMILES string of the molecule is CCCN(Cc1cccc(C(=O)Nc2ccc3c(c2)CNCC3)c1)C(=O)Nc1cccc(C#N)c1.